The van der Waals surface area contributed by atoms with Crippen molar-refractivity contribution >= 4 is 17.6 Å². The number of carbonyl (C=O) groups excluding carboxylic acids is 2. The molecule has 0 bridgehead atoms. The lowest BCUT2D eigenvalue weighted by molar-refractivity contribution is -0.143. The maximum atomic E-state index is 12.7. The number of rotatable bonds is 8. The predicted molar refractivity (Wildman–Crippen MR) is 128 cm³/mol. The minimum Gasteiger partial charge on any atom is -0.493 e. The zero-order chi connectivity index (χ0) is 24.1. The molecule has 34 heavy (non-hydrogen) atoms. The number of benzene rings is 2. The zero-order valence-electron chi connectivity index (χ0n) is 19.6. The smallest absolute Gasteiger partial charge is 0.407 e. The number of hydrogen-bond donors (Lipinski definition) is 1. The minimum absolute atomic E-state index is 0.0177. The summed E-state index contributed by atoms with van der Waals surface area (Å²) in [7, 11) is 4.38. The Balaban J connectivity index is 1.44. The number of carbonyl (C=O) groups is 2. The van der Waals surface area contributed by atoms with E-state index in [1.54, 1.807) is 26.4 Å². The molecule has 178 valence electrons. The van der Waals surface area contributed by atoms with Gasteiger partial charge in [-0.15, -0.1) is 0 Å². The molecule has 7 nitrogen and oxygen atoms in total. The minimum atomic E-state index is -0.907. The second-order valence-electron chi connectivity index (χ2n) is 8.23. The van der Waals surface area contributed by atoms with Crippen LogP contribution in [0.15, 0.2) is 60.2 Å². The fraction of sp³-hybridized carbons (Fsp3) is 0.333. The Morgan fingerprint density at radius 2 is 1.85 bits per heavy atom. The van der Waals surface area contributed by atoms with Gasteiger partial charge in [0.05, 0.1) is 21.3 Å². The van der Waals surface area contributed by atoms with Crippen LogP contribution in [0.5, 0.6) is 11.5 Å². The Morgan fingerprint density at radius 3 is 2.62 bits per heavy atom. The summed E-state index contributed by atoms with van der Waals surface area (Å²) in [5, 5.41) is 2.66. The molecule has 0 heterocycles. The van der Waals surface area contributed by atoms with Gasteiger partial charge in [-0.3, -0.25) is 0 Å². The third-order valence-electron chi connectivity index (χ3n) is 6.29. The van der Waals surface area contributed by atoms with Crippen LogP contribution in [-0.2, 0) is 20.7 Å². The molecule has 0 saturated heterocycles. The van der Waals surface area contributed by atoms with Gasteiger partial charge in [-0.2, -0.15) is 0 Å². The van der Waals surface area contributed by atoms with E-state index in [9.17, 15) is 9.59 Å². The number of fused-ring (bicyclic) bond motifs is 2. The lowest BCUT2D eigenvalue weighted by atomic mass is 9.93. The van der Waals surface area contributed by atoms with Crippen LogP contribution < -0.4 is 14.8 Å². The Bertz CT molecular complexity index is 1140. The first-order chi connectivity index (χ1) is 16.5. The van der Waals surface area contributed by atoms with E-state index in [2.05, 4.69) is 29.6 Å². The molecule has 0 aliphatic heterocycles. The van der Waals surface area contributed by atoms with E-state index < -0.39 is 18.1 Å². The summed E-state index contributed by atoms with van der Waals surface area (Å²) in [6.45, 7) is 0.191. The monoisotopic (exact) mass is 463 g/mol. The van der Waals surface area contributed by atoms with Gasteiger partial charge < -0.3 is 24.3 Å². The van der Waals surface area contributed by atoms with Gasteiger partial charge in [-0.05, 0) is 52.8 Å². The SMILES string of the molecule is COC(=O)C(Cc1ccc(OC)c(OC)c1)NC(=O)OCC1C2=C(CCC=C2)c2ccccc21. The molecule has 1 N–H and O–H groups in total. The molecule has 4 rings (SSSR count). The van der Waals surface area contributed by atoms with Crippen molar-refractivity contribution in [1.82, 2.24) is 5.32 Å². The van der Waals surface area contributed by atoms with Crippen LogP contribution in [0.2, 0.25) is 0 Å². The Kier molecular flexibility index (Phi) is 7.21. The average Bonchev–Trinajstić information content (AvgIpc) is 3.20. The summed E-state index contributed by atoms with van der Waals surface area (Å²) < 4.78 is 21.1. The van der Waals surface area contributed by atoms with Gasteiger partial charge in [-0.25, -0.2) is 9.59 Å². The van der Waals surface area contributed by atoms with Gasteiger partial charge in [0.1, 0.15) is 12.6 Å². The topological polar surface area (TPSA) is 83.1 Å². The number of amides is 1. The summed E-state index contributed by atoms with van der Waals surface area (Å²) in [5.74, 6) is 0.542. The highest BCUT2D eigenvalue weighted by Crippen LogP contribution is 2.46. The van der Waals surface area contributed by atoms with E-state index in [4.69, 9.17) is 18.9 Å². The molecule has 2 unspecified atom stereocenters. The van der Waals surface area contributed by atoms with E-state index >= 15 is 0 Å². The second kappa shape index (κ2) is 10.5. The molecule has 0 aromatic heterocycles. The molecule has 0 spiro atoms. The van der Waals surface area contributed by atoms with Crippen molar-refractivity contribution in [2.45, 2.75) is 31.2 Å². The van der Waals surface area contributed by atoms with Crippen molar-refractivity contribution in [2.75, 3.05) is 27.9 Å². The standard InChI is InChI=1S/C27H29NO6/c1-31-24-13-12-17(15-25(24)32-2)14-23(26(29)33-3)28-27(30)34-16-22-20-10-6-4-8-18(20)19-9-5-7-11-21(19)22/h4,6-8,10-13,15,22-23H,5,9,14,16H2,1-3H3,(H,28,30). The van der Waals surface area contributed by atoms with E-state index in [0.717, 1.165) is 18.4 Å². The summed E-state index contributed by atoms with van der Waals surface area (Å²) >= 11 is 0. The summed E-state index contributed by atoms with van der Waals surface area (Å²) in [6.07, 6.45) is 5.85. The maximum absolute atomic E-state index is 12.7. The van der Waals surface area contributed by atoms with Gasteiger partial charge in [-0.1, -0.05) is 42.5 Å². The number of alkyl carbamates (subject to hydrolysis) is 1. The molecule has 7 heteroatoms. The fourth-order valence-electron chi connectivity index (χ4n) is 4.64. The van der Waals surface area contributed by atoms with Crippen molar-refractivity contribution in [3.8, 4) is 11.5 Å². The summed E-state index contributed by atoms with van der Waals surface area (Å²) in [4.78, 5) is 25.1. The first kappa shape index (κ1) is 23.4. The zero-order valence-corrected chi connectivity index (χ0v) is 19.6. The van der Waals surface area contributed by atoms with Crippen LogP contribution in [-0.4, -0.2) is 46.0 Å². The summed E-state index contributed by atoms with van der Waals surface area (Å²) in [6, 6.07) is 12.7. The molecule has 2 aromatic rings. The first-order valence-electron chi connectivity index (χ1n) is 11.3. The van der Waals surface area contributed by atoms with Crippen LogP contribution in [0, 0.1) is 0 Å². The predicted octanol–water partition coefficient (Wildman–Crippen LogP) is 4.42. The molecule has 2 aromatic carbocycles. The molecular formula is C27H29NO6. The molecule has 0 radical (unpaired) electrons. The Labute approximate surface area is 199 Å². The third kappa shape index (κ3) is 4.78. The van der Waals surface area contributed by atoms with Crippen molar-refractivity contribution < 1.29 is 28.5 Å². The van der Waals surface area contributed by atoms with Crippen molar-refractivity contribution in [2.24, 2.45) is 0 Å². The maximum Gasteiger partial charge on any atom is 0.407 e. The quantitative estimate of drug-likeness (QED) is 0.584. The van der Waals surface area contributed by atoms with Gasteiger partial charge in [0, 0.05) is 12.3 Å². The number of ether oxygens (including phenoxy) is 4. The first-order valence-corrected chi connectivity index (χ1v) is 11.3. The molecule has 2 aliphatic rings. The van der Waals surface area contributed by atoms with E-state index in [0.29, 0.717) is 11.5 Å². The highest BCUT2D eigenvalue weighted by atomic mass is 16.6. The third-order valence-corrected chi connectivity index (χ3v) is 6.29. The van der Waals surface area contributed by atoms with Gasteiger partial charge >= 0.3 is 12.1 Å². The van der Waals surface area contributed by atoms with E-state index in [1.165, 1.54) is 29.4 Å². The number of allylic oxidation sites excluding steroid dienone is 3. The Hall–Kier alpha value is -3.74. The van der Waals surface area contributed by atoms with Crippen LogP contribution in [0.25, 0.3) is 5.57 Å². The van der Waals surface area contributed by atoms with E-state index in [1.807, 2.05) is 18.2 Å². The number of nitrogens with one attached hydrogen (secondary N) is 1. The molecule has 2 atom stereocenters. The van der Waals surface area contributed by atoms with E-state index in [-0.39, 0.29) is 18.9 Å². The van der Waals surface area contributed by atoms with Crippen LogP contribution in [0.3, 0.4) is 0 Å². The van der Waals surface area contributed by atoms with Gasteiger partial charge in [0.15, 0.2) is 11.5 Å². The van der Waals surface area contributed by atoms with Crippen LogP contribution >= 0.6 is 0 Å². The molecular weight excluding hydrogens is 434 g/mol. The average molecular weight is 464 g/mol. The molecule has 0 fully saturated rings. The van der Waals surface area contributed by atoms with Crippen molar-refractivity contribution in [1.29, 1.82) is 0 Å². The van der Waals surface area contributed by atoms with Gasteiger partial charge in [0.2, 0.25) is 0 Å². The lowest BCUT2D eigenvalue weighted by Gasteiger charge is -2.20. The fourth-order valence-corrected chi connectivity index (χ4v) is 4.64. The Morgan fingerprint density at radius 1 is 1.06 bits per heavy atom. The van der Waals surface area contributed by atoms with Crippen LogP contribution in [0.1, 0.15) is 35.4 Å². The largest absolute Gasteiger partial charge is 0.493 e. The number of esters is 1. The lowest BCUT2D eigenvalue weighted by Crippen LogP contribution is -2.43. The highest BCUT2D eigenvalue weighted by molar-refractivity contribution is 5.83. The molecule has 0 saturated carbocycles. The number of methoxy groups -OCH3 is 3. The summed E-state index contributed by atoms with van der Waals surface area (Å²) in [5.41, 5.74) is 5.71. The highest BCUT2D eigenvalue weighted by Gasteiger charge is 2.32. The molecule has 2 aliphatic carbocycles. The normalized spacial score (nSPS) is 16.9. The van der Waals surface area contributed by atoms with Crippen molar-refractivity contribution in [3.63, 3.8) is 0 Å². The van der Waals surface area contributed by atoms with Crippen molar-refractivity contribution in [3.05, 3.63) is 76.9 Å². The van der Waals surface area contributed by atoms with Gasteiger partial charge in [0.25, 0.3) is 0 Å². The number of hydrogen-bond acceptors (Lipinski definition) is 6. The van der Waals surface area contributed by atoms with Crippen LogP contribution in [0.4, 0.5) is 4.79 Å². The second-order valence-corrected chi connectivity index (χ2v) is 8.23. The molecule has 1 amide bonds.